The summed E-state index contributed by atoms with van der Waals surface area (Å²) in [4.78, 5) is 46.9. The lowest BCUT2D eigenvalue weighted by Gasteiger charge is -2.38. The molecule has 0 unspecified atom stereocenters. The molecule has 58 heavy (non-hydrogen) atoms. The van der Waals surface area contributed by atoms with Gasteiger partial charge in [0.15, 0.2) is 17.6 Å². The van der Waals surface area contributed by atoms with Crippen molar-refractivity contribution in [2.45, 2.75) is 110 Å². The third kappa shape index (κ3) is 9.57. The number of rotatable bonds is 10. The summed E-state index contributed by atoms with van der Waals surface area (Å²) in [5, 5.41) is 2.91. The third-order valence-electron chi connectivity index (χ3n) is 11.4. The Kier molecular flexibility index (Phi) is 12.3. The fourth-order valence-corrected chi connectivity index (χ4v) is 8.02. The van der Waals surface area contributed by atoms with Crippen molar-refractivity contribution in [1.82, 2.24) is 15.2 Å². The van der Waals surface area contributed by atoms with Crippen LogP contribution in [0.25, 0.3) is 11.1 Å². The third-order valence-corrected chi connectivity index (χ3v) is 11.4. The number of carbonyl (C=O) groups is 3. The standard InChI is InChI=1S/C47H55N3O8/c1-29-30(2)48-21-20-38(29)33-14-12-31(13-15-33)22-39(45(52)54-6)49-44(51)40-23-35-24-41-42(25-36(35)26-50(40)46(53)58-47(3,4)5)57-43(28-56-41)34-16-18-37(19-17-34)55-27-32-10-8-7-9-11-32/h12-21,24-25,32,39-40,43H,7-11,22-23,26-28H2,1-6H3,(H,49,51)/t39-,40-,43+/m0/s1. The van der Waals surface area contributed by atoms with E-state index >= 15 is 0 Å². The van der Waals surface area contributed by atoms with Crippen LogP contribution in [-0.2, 0) is 38.4 Å². The summed E-state index contributed by atoms with van der Waals surface area (Å²) in [5.74, 6) is 1.52. The number of fused-ring (bicyclic) bond motifs is 2. The predicted octanol–water partition coefficient (Wildman–Crippen LogP) is 8.40. The number of benzene rings is 3. The Labute approximate surface area is 341 Å². The largest absolute Gasteiger partial charge is 0.493 e. The first-order valence-corrected chi connectivity index (χ1v) is 20.4. The number of nitrogens with zero attached hydrogens (tertiary/aromatic N) is 2. The number of pyridine rings is 1. The van der Waals surface area contributed by atoms with Crippen molar-refractivity contribution in [1.29, 1.82) is 0 Å². The molecule has 3 heterocycles. The van der Waals surface area contributed by atoms with E-state index in [4.69, 9.17) is 23.7 Å². The number of esters is 1. The number of aryl methyl sites for hydroxylation is 1. The number of ether oxygens (including phenoxy) is 5. The molecule has 1 saturated carbocycles. The number of nitrogens with one attached hydrogen (secondary N) is 1. The van der Waals surface area contributed by atoms with Gasteiger partial charge in [-0.2, -0.15) is 0 Å². The zero-order valence-electron chi connectivity index (χ0n) is 34.5. The van der Waals surface area contributed by atoms with E-state index in [2.05, 4.69) is 10.3 Å². The fourth-order valence-electron chi connectivity index (χ4n) is 8.02. The Bertz CT molecular complexity index is 2100. The highest BCUT2D eigenvalue weighted by atomic mass is 16.6. The topological polar surface area (TPSA) is 126 Å². The minimum Gasteiger partial charge on any atom is -0.493 e. The van der Waals surface area contributed by atoms with Gasteiger partial charge in [0.2, 0.25) is 5.91 Å². The quantitative estimate of drug-likeness (QED) is 0.158. The Morgan fingerprint density at radius 1 is 0.931 bits per heavy atom. The molecule has 7 rings (SSSR count). The average molecular weight is 790 g/mol. The van der Waals surface area contributed by atoms with Gasteiger partial charge in [-0.15, -0.1) is 0 Å². The summed E-state index contributed by atoms with van der Waals surface area (Å²) in [7, 11) is 1.29. The Balaban J connectivity index is 1.06. The molecule has 11 nitrogen and oxygen atoms in total. The number of carbonyl (C=O) groups excluding carboxylic acids is 3. The summed E-state index contributed by atoms with van der Waals surface area (Å²) < 4.78 is 29.8. The lowest BCUT2D eigenvalue weighted by molar-refractivity contribution is -0.145. The number of amides is 2. The normalized spacial score (nSPS) is 18.4. The van der Waals surface area contributed by atoms with Gasteiger partial charge in [0.1, 0.15) is 30.0 Å². The minimum absolute atomic E-state index is 0.0922. The summed E-state index contributed by atoms with van der Waals surface area (Å²) in [6.07, 6.45) is 7.55. The van der Waals surface area contributed by atoms with E-state index in [-0.39, 0.29) is 25.5 Å². The maximum atomic E-state index is 14.2. The zero-order valence-corrected chi connectivity index (χ0v) is 34.5. The molecule has 0 saturated heterocycles. The van der Waals surface area contributed by atoms with Crippen molar-refractivity contribution in [3.8, 4) is 28.4 Å². The first kappa shape index (κ1) is 40.6. The molecule has 0 bridgehead atoms. The monoisotopic (exact) mass is 789 g/mol. The maximum Gasteiger partial charge on any atom is 0.411 e. The first-order valence-electron chi connectivity index (χ1n) is 20.4. The van der Waals surface area contributed by atoms with Gasteiger partial charge >= 0.3 is 12.1 Å². The van der Waals surface area contributed by atoms with Crippen molar-refractivity contribution in [2.75, 3.05) is 20.3 Å². The average Bonchev–Trinajstić information content (AvgIpc) is 3.22. The fraction of sp³-hybridized carbons (Fsp3) is 0.447. The number of aromatic nitrogens is 1. The van der Waals surface area contributed by atoms with E-state index in [0.717, 1.165) is 57.0 Å². The molecule has 3 atom stereocenters. The highest BCUT2D eigenvalue weighted by molar-refractivity contribution is 5.90. The minimum atomic E-state index is -0.996. The van der Waals surface area contributed by atoms with Crippen LogP contribution in [0.1, 0.15) is 92.5 Å². The summed E-state index contributed by atoms with van der Waals surface area (Å²) >= 11 is 0. The summed E-state index contributed by atoms with van der Waals surface area (Å²) in [5.41, 5.74) is 6.81. The molecule has 3 aliphatic rings. The summed E-state index contributed by atoms with van der Waals surface area (Å²) in [6.45, 7) is 10.5. The van der Waals surface area contributed by atoms with Crippen LogP contribution in [0.4, 0.5) is 4.79 Å². The smallest absolute Gasteiger partial charge is 0.411 e. The van der Waals surface area contributed by atoms with Crippen molar-refractivity contribution in [3.05, 3.63) is 106 Å². The van der Waals surface area contributed by atoms with Crippen molar-refractivity contribution >= 4 is 18.0 Å². The SMILES string of the molecule is COC(=O)[C@H](Cc1ccc(-c2ccnc(C)c2C)cc1)NC(=O)[C@@H]1Cc2cc3c(cc2CN1C(=O)OC(C)(C)C)O[C@@H](c1ccc(OCC2CCCCC2)cc1)CO3. The second-order valence-electron chi connectivity index (χ2n) is 16.8. The van der Waals surface area contributed by atoms with Crippen molar-refractivity contribution in [3.63, 3.8) is 0 Å². The first-order chi connectivity index (χ1) is 27.8. The molecular weight excluding hydrogens is 735 g/mol. The van der Waals surface area contributed by atoms with Crippen molar-refractivity contribution < 1.29 is 38.1 Å². The van der Waals surface area contributed by atoms with Crippen LogP contribution in [0.3, 0.4) is 0 Å². The lowest BCUT2D eigenvalue weighted by Crippen LogP contribution is -2.56. The highest BCUT2D eigenvalue weighted by Crippen LogP contribution is 2.41. The van der Waals surface area contributed by atoms with Gasteiger partial charge < -0.3 is 29.0 Å². The van der Waals surface area contributed by atoms with Crippen LogP contribution >= 0.6 is 0 Å². The molecule has 1 fully saturated rings. The molecule has 3 aromatic carbocycles. The zero-order chi connectivity index (χ0) is 41.0. The van der Waals surface area contributed by atoms with E-state index in [0.29, 0.717) is 24.0 Å². The van der Waals surface area contributed by atoms with Gasteiger partial charge in [0.25, 0.3) is 0 Å². The van der Waals surface area contributed by atoms with Gasteiger partial charge in [-0.3, -0.25) is 14.7 Å². The van der Waals surface area contributed by atoms with E-state index < -0.39 is 35.7 Å². The molecule has 11 heteroatoms. The lowest BCUT2D eigenvalue weighted by atomic mass is 9.90. The molecule has 0 spiro atoms. The molecule has 1 N–H and O–H groups in total. The van der Waals surface area contributed by atoms with Gasteiger partial charge in [0.05, 0.1) is 20.3 Å². The van der Waals surface area contributed by atoms with Gasteiger partial charge in [-0.25, -0.2) is 9.59 Å². The van der Waals surface area contributed by atoms with Gasteiger partial charge in [-0.1, -0.05) is 55.7 Å². The second-order valence-corrected chi connectivity index (χ2v) is 16.8. The van der Waals surface area contributed by atoms with E-state index in [9.17, 15) is 14.4 Å². The molecule has 2 amide bonds. The summed E-state index contributed by atoms with van der Waals surface area (Å²) in [6, 6.07) is 19.7. The number of hydrogen-bond acceptors (Lipinski definition) is 9. The van der Waals surface area contributed by atoms with E-state index in [1.54, 1.807) is 27.0 Å². The molecular formula is C47H55N3O8. The Morgan fingerprint density at radius 2 is 1.66 bits per heavy atom. The highest BCUT2D eigenvalue weighted by Gasteiger charge is 2.40. The Morgan fingerprint density at radius 3 is 2.36 bits per heavy atom. The number of methoxy groups -OCH3 is 1. The van der Waals surface area contributed by atoms with Gasteiger partial charge in [-0.05, 0) is 123 Å². The van der Waals surface area contributed by atoms with E-state index in [1.807, 2.05) is 80.6 Å². The second kappa shape index (κ2) is 17.5. The van der Waals surface area contributed by atoms with Crippen LogP contribution in [0.15, 0.2) is 72.9 Å². The molecule has 2 aliphatic heterocycles. The van der Waals surface area contributed by atoms with Gasteiger partial charge in [0, 0.05) is 24.7 Å². The van der Waals surface area contributed by atoms with E-state index in [1.165, 1.54) is 44.1 Å². The van der Waals surface area contributed by atoms with Crippen LogP contribution in [0.2, 0.25) is 0 Å². The van der Waals surface area contributed by atoms with Crippen LogP contribution in [0.5, 0.6) is 17.2 Å². The molecule has 4 aromatic rings. The van der Waals surface area contributed by atoms with Crippen molar-refractivity contribution in [2.24, 2.45) is 5.92 Å². The van der Waals surface area contributed by atoms with Crippen LogP contribution in [0, 0.1) is 19.8 Å². The van der Waals surface area contributed by atoms with Crippen LogP contribution in [-0.4, -0.2) is 65.9 Å². The predicted molar refractivity (Wildman–Crippen MR) is 220 cm³/mol. The molecule has 0 radical (unpaired) electrons. The number of hydrogen-bond donors (Lipinski definition) is 1. The molecule has 1 aliphatic carbocycles. The van der Waals surface area contributed by atoms with Crippen LogP contribution < -0.4 is 19.5 Å². The maximum absolute atomic E-state index is 14.2. The molecule has 306 valence electrons. The molecule has 1 aromatic heterocycles. The Hall–Kier alpha value is -5.58.